The molecular weight excluding hydrogens is 484 g/mol. The molecule has 1 aromatic carbocycles. The topological polar surface area (TPSA) is 114 Å². The van der Waals surface area contributed by atoms with Crippen molar-refractivity contribution in [3.63, 3.8) is 0 Å². The van der Waals surface area contributed by atoms with Gasteiger partial charge >= 0.3 is 0 Å². The SMILES string of the molecule is CCn1nc(C)cc1-c1cn(C)c(-c2nc(C(=O)NCc3ccc(OC)cc3OC)cc3c2cnn3C)n1. The molecule has 5 aromatic rings. The molecule has 11 nitrogen and oxygen atoms in total. The number of methoxy groups -OCH3 is 2. The molecule has 4 heterocycles. The van der Waals surface area contributed by atoms with Crippen molar-refractivity contribution in [3.05, 3.63) is 59.7 Å². The van der Waals surface area contributed by atoms with E-state index in [9.17, 15) is 4.79 Å². The number of imidazole rings is 1. The van der Waals surface area contributed by atoms with E-state index in [1.54, 1.807) is 37.2 Å². The minimum atomic E-state index is -0.318. The predicted octanol–water partition coefficient (Wildman–Crippen LogP) is 3.51. The number of hydrogen-bond acceptors (Lipinski definition) is 7. The molecule has 5 rings (SSSR count). The number of carbonyl (C=O) groups is 1. The molecule has 0 saturated carbocycles. The maximum Gasteiger partial charge on any atom is 0.270 e. The van der Waals surface area contributed by atoms with Crippen LogP contribution < -0.4 is 14.8 Å². The second-order valence-corrected chi connectivity index (χ2v) is 8.96. The van der Waals surface area contributed by atoms with Crippen molar-refractivity contribution in [2.45, 2.75) is 26.9 Å². The lowest BCUT2D eigenvalue weighted by atomic mass is 10.1. The van der Waals surface area contributed by atoms with Gasteiger partial charge in [-0.15, -0.1) is 0 Å². The van der Waals surface area contributed by atoms with Crippen molar-refractivity contribution in [2.24, 2.45) is 14.1 Å². The van der Waals surface area contributed by atoms with Crippen molar-refractivity contribution in [3.8, 4) is 34.4 Å². The Kier molecular flexibility index (Phi) is 6.58. The highest BCUT2D eigenvalue weighted by atomic mass is 16.5. The number of aromatic nitrogens is 7. The Hall–Kier alpha value is -4.67. The summed E-state index contributed by atoms with van der Waals surface area (Å²) in [5, 5.41) is 12.7. The Morgan fingerprint density at radius 3 is 2.63 bits per heavy atom. The Morgan fingerprint density at radius 1 is 1.08 bits per heavy atom. The smallest absolute Gasteiger partial charge is 0.270 e. The van der Waals surface area contributed by atoms with Crippen LogP contribution in [0.25, 0.3) is 33.8 Å². The summed E-state index contributed by atoms with van der Waals surface area (Å²) < 4.78 is 16.3. The van der Waals surface area contributed by atoms with E-state index in [4.69, 9.17) is 19.4 Å². The summed E-state index contributed by atoms with van der Waals surface area (Å²) in [6.45, 7) is 5.00. The van der Waals surface area contributed by atoms with Gasteiger partial charge in [0.2, 0.25) is 0 Å². The average molecular weight is 515 g/mol. The van der Waals surface area contributed by atoms with Gasteiger partial charge in [0.25, 0.3) is 5.91 Å². The number of nitrogens with zero attached hydrogens (tertiary/aromatic N) is 7. The van der Waals surface area contributed by atoms with Gasteiger partial charge in [-0.25, -0.2) is 9.97 Å². The first-order valence-electron chi connectivity index (χ1n) is 12.2. The van der Waals surface area contributed by atoms with Gasteiger partial charge in [0, 0.05) is 50.4 Å². The van der Waals surface area contributed by atoms with Crippen LogP contribution in [0.5, 0.6) is 11.5 Å². The lowest BCUT2D eigenvalue weighted by Gasteiger charge is -2.12. The van der Waals surface area contributed by atoms with E-state index < -0.39 is 0 Å². The van der Waals surface area contributed by atoms with E-state index in [1.807, 2.05) is 61.6 Å². The van der Waals surface area contributed by atoms with Gasteiger partial charge in [0.15, 0.2) is 5.82 Å². The number of benzene rings is 1. The normalized spacial score (nSPS) is 11.2. The highest BCUT2D eigenvalue weighted by Crippen LogP contribution is 2.30. The molecule has 0 saturated heterocycles. The fourth-order valence-electron chi connectivity index (χ4n) is 4.50. The van der Waals surface area contributed by atoms with Crippen LogP contribution >= 0.6 is 0 Å². The number of ether oxygens (including phenoxy) is 2. The third-order valence-corrected chi connectivity index (χ3v) is 6.46. The van der Waals surface area contributed by atoms with Gasteiger partial charge < -0.3 is 19.4 Å². The van der Waals surface area contributed by atoms with E-state index >= 15 is 0 Å². The van der Waals surface area contributed by atoms with E-state index in [-0.39, 0.29) is 18.1 Å². The summed E-state index contributed by atoms with van der Waals surface area (Å²) in [5.74, 6) is 1.62. The van der Waals surface area contributed by atoms with Gasteiger partial charge in [-0.1, -0.05) is 0 Å². The van der Waals surface area contributed by atoms with Crippen LogP contribution in [0.1, 0.15) is 28.7 Å². The fraction of sp³-hybridized carbons (Fsp3) is 0.296. The third kappa shape index (κ3) is 4.47. The number of pyridine rings is 1. The van der Waals surface area contributed by atoms with E-state index in [2.05, 4.69) is 15.5 Å². The van der Waals surface area contributed by atoms with Gasteiger partial charge in [-0.3, -0.25) is 14.2 Å². The second-order valence-electron chi connectivity index (χ2n) is 8.96. The number of nitrogens with one attached hydrogen (secondary N) is 1. The Morgan fingerprint density at radius 2 is 1.89 bits per heavy atom. The third-order valence-electron chi connectivity index (χ3n) is 6.46. The molecular formula is C27H30N8O3. The van der Waals surface area contributed by atoms with Crippen molar-refractivity contribution < 1.29 is 14.3 Å². The minimum Gasteiger partial charge on any atom is -0.497 e. The van der Waals surface area contributed by atoms with E-state index in [0.29, 0.717) is 23.0 Å². The summed E-state index contributed by atoms with van der Waals surface area (Å²) in [7, 11) is 6.93. The molecule has 0 atom stereocenters. The minimum absolute atomic E-state index is 0.263. The van der Waals surface area contributed by atoms with Crippen LogP contribution in [0.3, 0.4) is 0 Å². The van der Waals surface area contributed by atoms with Crippen LogP contribution in [-0.2, 0) is 27.2 Å². The maximum absolute atomic E-state index is 13.3. The van der Waals surface area contributed by atoms with Crippen LogP contribution in [0.4, 0.5) is 0 Å². The zero-order valence-corrected chi connectivity index (χ0v) is 22.3. The molecule has 1 N–H and O–H groups in total. The molecule has 196 valence electrons. The molecule has 0 aliphatic rings. The molecule has 0 spiro atoms. The molecule has 0 aliphatic carbocycles. The first-order chi connectivity index (χ1) is 18.3. The molecule has 0 fully saturated rings. The van der Waals surface area contributed by atoms with Crippen LogP contribution in [0, 0.1) is 6.92 Å². The number of rotatable bonds is 8. The zero-order valence-electron chi connectivity index (χ0n) is 22.3. The summed E-state index contributed by atoms with van der Waals surface area (Å²) >= 11 is 0. The largest absolute Gasteiger partial charge is 0.497 e. The Balaban J connectivity index is 1.51. The van der Waals surface area contributed by atoms with Crippen LogP contribution in [0.2, 0.25) is 0 Å². The standard InChI is InChI=1S/C27H30N8O3/c1-7-35-23(10-16(2)32-35)21-15-33(3)26(31-21)25-19-14-29-34(4)22(19)12-20(30-25)27(36)28-13-17-8-9-18(37-5)11-24(17)38-6/h8-12,14-15H,7,13H2,1-6H3,(H,28,36). The molecule has 0 radical (unpaired) electrons. The summed E-state index contributed by atoms with van der Waals surface area (Å²) in [6, 6.07) is 9.22. The van der Waals surface area contributed by atoms with Gasteiger partial charge in [-0.2, -0.15) is 10.2 Å². The molecule has 0 unspecified atom stereocenters. The van der Waals surface area contributed by atoms with Gasteiger partial charge in [0.05, 0.1) is 37.3 Å². The fourth-order valence-corrected chi connectivity index (χ4v) is 4.50. The number of aryl methyl sites for hydroxylation is 4. The van der Waals surface area contributed by atoms with E-state index in [1.165, 1.54) is 0 Å². The molecule has 0 bridgehead atoms. The maximum atomic E-state index is 13.3. The molecule has 11 heteroatoms. The quantitative estimate of drug-likeness (QED) is 0.337. The average Bonchev–Trinajstić information content (AvgIpc) is 3.62. The Labute approximate surface area is 220 Å². The highest BCUT2D eigenvalue weighted by Gasteiger charge is 2.21. The second kappa shape index (κ2) is 10.0. The van der Waals surface area contributed by atoms with E-state index in [0.717, 1.165) is 40.1 Å². The van der Waals surface area contributed by atoms with Gasteiger partial charge in [0.1, 0.15) is 28.6 Å². The molecule has 1 amide bonds. The van der Waals surface area contributed by atoms with Crippen molar-refractivity contribution in [2.75, 3.05) is 14.2 Å². The lowest BCUT2D eigenvalue weighted by Crippen LogP contribution is -2.24. The van der Waals surface area contributed by atoms with Crippen LogP contribution in [0.15, 0.2) is 42.7 Å². The van der Waals surface area contributed by atoms with Crippen molar-refractivity contribution in [1.82, 2.24) is 39.4 Å². The van der Waals surface area contributed by atoms with Crippen LogP contribution in [-0.4, -0.2) is 54.2 Å². The zero-order chi connectivity index (χ0) is 27.0. The first kappa shape index (κ1) is 25.0. The van der Waals surface area contributed by atoms with Gasteiger partial charge in [-0.05, 0) is 38.1 Å². The van der Waals surface area contributed by atoms with Crippen molar-refractivity contribution in [1.29, 1.82) is 0 Å². The summed E-state index contributed by atoms with van der Waals surface area (Å²) in [5.41, 5.74) is 5.08. The highest BCUT2D eigenvalue weighted by molar-refractivity contribution is 5.99. The number of carbonyl (C=O) groups excluding carboxylic acids is 1. The lowest BCUT2D eigenvalue weighted by molar-refractivity contribution is 0.0946. The summed E-state index contributed by atoms with van der Waals surface area (Å²) in [4.78, 5) is 23.0. The number of hydrogen-bond donors (Lipinski definition) is 1. The summed E-state index contributed by atoms with van der Waals surface area (Å²) in [6.07, 6.45) is 3.70. The molecule has 4 aromatic heterocycles. The number of fused-ring (bicyclic) bond motifs is 1. The first-order valence-corrected chi connectivity index (χ1v) is 12.2. The molecule has 38 heavy (non-hydrogen) atoms. The predicted molar refractivity (Wildman–Crippen MR) is 143 cm³/mol. The Bertz CT molecular complexity index is 1650. The monoisotopic (exact) mass is 514 g/mol. The molecule has 0 aliphatic heterocycles. The number of amides is 1. The van der Waals surface area contributed by atoms with Crippen molar-refractivity contribution >= 4 is 16.8 Å².